The summed E-state index contributed by atoms with van der Waals surface area (Å²) < 4.78 is 5.59. The maximum atomic E-state index is 5.59. The van der Waals surface area contributed by atoms with Gasteiger partial charge in [-0.15, -0.1) is 0 Å². The number of likely N-dealkylation sites (N-methyl/N-ethyl adjacent to an activating group) is 1. The molecule has 0 amide bonds. The lowest BCUT2D eigenvalue weighted by atomic mass is 10.0. The van der Waals surface area contributed by atoms with Crippen LogP contribution in [-0.2, 0) is 0 Å². The van der Waals surface area contributed by atoms with Crippen LogP contribution in [0.1, 0.15) is 36.2 Å². The molecule has 2 atom stereocenters. The molecule has 2 aromatic rings. The van der Waals surface area contributed by atoms with Crippen molar-refractivity contribution in [2.45, 2.75) is 24.9 Å². The summed E-state index contributed by atoms with van der Waals surface area (Å²) in [6.45, 7) is 0.899. The van der Waals surface area contributed by atoms with Crippen LogP contribution in [0.4, 0.5) is 0 Å². The predicted octanol–water partition coefficient (Wildman–Crippen LogP) is 3.62. The summed E-state index contributed by atoms with van der Waals surface area (Å²) in [6.07, 6.45) is 4.42. The Hall–Kier alpha value is -1.58. The van der Waals surface area contributed by atoms with Gasteiger partial charge in [0.15, 0.2) is 0 Å². The van der Waals surface area contributed by atoms with Gasteiger partial charge in [-0.05, 0) is 50.6 Å². The van der Waals surface area contributed by atoms with E-state index in [9.17, 15) is 0 Å². The number of nitrogens with zero attached hydrogens (tertiary/aromatic N) is 1. The van der Waals surface area contributed by atoms with E-state index in [4.69, 9.17) is 4.42 Å². The molecule has 0 aliphatic heterocycles. The Balaban J connectivity index is 1.69. The van der Waals surface area contributed by atoms with Crippen LogP contribution in [-0.4, -0.2) is 25.5 Å². The molecule has 3 heteroatoms. The minimum absolute atomic E-state index is 0.268. The van der Waals surface area contributed by atoms with Crippen molar-refractivity contribution < 1.29 is 4.42 Å². The minimum atomic E-state index is 0.268. The number of rotatable bonds is 7. The minimum Gasteiger partial charge on any atom is -0.468 e. The zero-order chi connectivity index (χ0) is 14.7. The molecular weight excluding hydrogens is 260 g/mol. The Kier molecular flexibility index (Phi) is 4.42. The molecule has 3 rings (SSSR count). The van der Waals surface area contributed by atoms with E-state index in [2.05, 4.69) is 60.7 Å². The fraction of sp³-hybridized carbons (Fsp3) is 0.444. The Morgan fingerprint density at radius 3 is 2.48 bits per heavy atom. The molecule has 3 nitrogen and oxygen atoms in total. The first-order chi connectivity index (χ1) is 10.3. The molecule has 1 heterocycles. The van der Waals surface area contributed by atoms with Crippen LogP contribution in [0, 0.1) is 5.92 Å². The van der Waals surface area contributed by atoms with Crippen molar-refractivity contribution in [1.82, 2.24) is 10.2 Å². The molecule has 0 spiro atoms. The molecule has 21 heavy (non-hydrogen) atoms. The fourth-order valence-electron chi connectivity index (χ4n) is 2.90. The summed E-state index contributed by atoms with van der Waals surface area (Å²) in [7, 11) is 4.20. The first-order valence-corrected chi connectivity index (χ1v) is 7.74. The zero-order valence-corrected chi connectivity index (χ0v) is 12.8. The van der Waals surface area contributed by atoms with Gasteiger partial charge < -0.3 is 9.73 Å². The molecule has 1 saturated carbocycles. The van der Waals surface area contributed by atoms with E-state index in [0.717, 1.165) is 18.2 Å². The quantitative estimate of drug-likeness (QED) is 0.841. The maximum absolute atomic E-state index is 5.59. The van der Waals surface area contributed by atoms with Crippen LogP contribution in [0.25, 0.3) is 0 Å². The molecule has 1 aliphatic rings. The van der Waals surface area contributed by atoms with Crippen molar-refractivity contribution in [2.24, 2.45) is 5.92 Å². The number of hydrogen-bond donors (Lipinski definition) is 1. The van der Waals surface area contributed by atoms with Crippen LogP contribution in [0.15, 0.2) is 53.1 Å². The summed E-state index contributed by atoms with van der Waals surface area (Å²) in [5.41, 5.74) is 1.40. The highest BCUT2D eigenvalue weighted by atomic mass is 16.3. The largest absolute Gasteiger partial charge is 0.468 e. The van der Waals surface area contributed by atoms with Gasteiger partial charge in [-0.25, -0.2) is 0 Å². The smallest absolute Gasteiger partial charge is 0.122 e. The molecule has 0 radical (unpaired) electrons. The van der Waals surface area contributed by atoms with Gasteiger partial charge in [0.2, 0.25) is 0 Å². The molecule has 1 aromatic heterocycles. The lowest BCUT2D eigenvalue weighted by Crippen LogP contribution is -2.33. The van der Waals surface area contributed by atoms with Crippen molar-refractivity contribution in [3.8, 4) is 0 Å². The highest BCUT2D eigenvalue weighted by Crippen LogP contribution is 2.41. The second-order valence-corrected chi connectivity index (χ2v) is 6.13. The first kappa shape index (κ1) is 14.4. The Morgan fingerprint density at radius 2 is 1.90 bits per heavy atom. The number of benzene rings is 1. The van der Waals surface area contributed by atoms with Crippen molar-refractivity contribution in [2.75, 3.05) is 20.6 Å². The summed E-state index contributed by atoms with van der Waals surface area (Å²) in [5, 5.41) is 3.77. The maximum Gasteiger partial charge on any atom is 0.122 e. The Bertz CT molecular complexity index is 532. The van der Waals surface area contributed by atoms with Gasteiger partial charge in [0, 0.05) is 12.6 Å². The standard InChI is InChI=1S/C18H24N2O/c1-20(2)16(17-9-6-12-21-17)13-19-18(15-10-11-15)14-7-4-3-5-8-14/h3-9,12,15-16,18-19H,10-11,13H2,1-2H3. The lowest BCUT2D eigenvalue weighted by Gasteiger charge is -2.26. The van der Waals surface area contributed by atoms with Gasteiger partial charge in [-0.2, -0.15) is 0 Å². The molecule has 0 saturated heterocycles. The van der Waals surface area contributed by atoms with Crippen LogP contribution in [0.3, 0.4) is 0 Å². The van der Waals surface area contributed by atoms with Crippen LogP contribution in [0.2, 0.25) is 0 Å². The average molecular weight is 284 g/mol. The second-order valence-electron chi connectivity index (χ2n) is 6.13. The molecule has 1 aliphatic carbocycles. The summed E-state index contributed by atoms with van der Waals surface area (Å²) in [4.78, 5) is 2.21. The van der Waals surface area contributed by atoms with Gasteiger partial charge in [-0.3, -0.25) is 4.90 Å². The third-order valence-corrected chi connectivity index (χ3v) is 4.28. The number of nitrogens with one attached hydrogen (secondary N) is 1. The summed E-state index contributed by atoms with van der Waals surface area (Å²) in [6, 6.07) is 15.5. The van der Waals surface area contributed by atoms with E-state index in [1.165, 1.54) is 18.4 Å². The average Bonchev–Trinajstić information content (AvgIpc) is 3.19. The number of furan rings is 1. The van der Waals surface area contributed by atoms with E-state index < -0.39 is 0 Å². The van der Waals surface area contributed by atoms with Crippen LogP contribution < -0.4 is 5.32 Å². The molecule has 1 N–H and O–H groups in total. The Labute approximate surface area is 127 Å². The monoisotopic (exact) mass is 284 g/mol. The van der Waals surface area contributed by atoms with Gasteiger partial charge in [0.1, 0.15) is 5.76 Å². The van der Waals surface area contributed by atoms with E-state index in [1.54, 1.807) is 6.26 Å². The third kappa shape index (κ3) is 3.55. The third-order valence-electron chi connectivity index (χ3n) is 4.28. The van der Waals surface area contributed by atoms with Gasteiger partial charge in [0.25, 0.3) is 0 Å². The highest BCUT2D eigenvalue weighted by molar-refractivity contribution is 5.21. The fourth-order valence-corrected chi connectivity index (χ4v) is 2.90. The molecule has 2 unspecified atom stereocenters. The van der Waals surface area contributed by atoms with E-state index in [0.29, 0.717) is 6.04 Å². The molecule has 112 valence electrons. The molecule has 1 fully saturated rings. The van der Waals surface area contributed by atoms with Gasteiger partial charge in [-0.1, -0.05) is 30.3 Å². The normalized spacial score (nSPS) is 17.9. The molecule has 1 aromatic carbocycles. The molecular formula is C18H24N2O. The van der Waals surface area contributed by atoms with Crippen molar-refractivity contribution in [3.05, 3.63) is 60.1 Å². The zero-order valence-electron chi connectivity index (χ0n) is 12.8. The van der Waals surface area contributed by atoms with Crippen LogP contribution >= 0.6 is 0 Å². The molecule has 0 bridgehead atoms. The number of hydrogen-bond acceptors (Lipinski definition) is 3. The predicted molar refractivity (Wildman–Crippen MR) is 85.0 cm³/mol. The second kappa shape index (κ2) is 6.46. The summed E-state index contributed by atoms with van der Waals surface area (Å²) >= 11 is 0. The van der Waals surface area contributed by atoms with Gasteiger partial charge in [0.05, 0.1) is 12.3 Å². The van der Waals surface area contributed by atoms with E-state index in [-0.39, 0.29) is 6.04 Å². The van der Waals surface area contributed by atoms with Crippen molar-refractivity contribution in [1.29, 1.82) is 0 Å². The first-order valence-electron chi connectivity index (χ1n) is 7.74. The lowest BCUT2D eigenvalue weighted by molar-refractivity contribution is 0.240. The van der Waals surface area contributed by atoms with E-state index >= 15 is 0 Å². The highest BCUT2D eigenvalue weighted by Gasteiger charge is 2.32. The van der Waals surface area contributed by atoms with Gasteiger partial charge >= 0.3 is 0 Å². The topological polar surface area (TPSA) is 28.4 Å². The summed E-state index contributed by atoms with van der Waals surface area (Å²) in [5.74, 6) is 1.81. The van der Waals surface area contributed by atoms with Crippen molar-refractivity contribution >= 4 is 0 Å². The van der Waals surface area contributed by atoms with E-state index in [1.807, 2.05) is 6.07 Å². The Morgan fingerprint density at radius 1 is 1.14 bits per heavy atom. The van der Waals surface area contributed by atoms with Crippen LogP contribution in [0.5, 0.6) is 0 Å². The van der Waals surface area contributed by atoms with Crippen molar-refractivity contribution in [3.63, 3.8) is 0 Å². The SMILES string of the molecule is CN(C)C(CNC(c1ccccc1)C1CC1)c1ccco1.